The van der Waals surface area contributed by atoms with E-state index in [1.165, 1.54) is 6.20 Å². The number of nitrogens with zero attached hydrogens (tertiary/aromatic N) is 3. The van der Waals surface area contributed by atoms with Crippen molar-refractivity contribution in [3.63, 3.8) is 0 Å². The normalized spacial score (nSPS) is 17.1. The van der Waals surface area contributed by atoms with Crippen LogP contribution in [0.5, 0.6) is 0 Å². The summed E-state index contributed by atoms with van der Waals surface area (Å²) < 4.78 is 10.6. The molecule has 2 heterocycles. The molecule has 22 heavy (non-hydrogen) atoms. The van der Waals surface area contributed by atoms with Crippen molar-refractivity contribution in [3.05, 3.63) is 18.1 Å². The smallest absolute Gasteiger partial charge is 0.332 e. The summed E-state index contributed by atoms with van der Waals surface area (Å²) >= 11 is 0. The maximum atomic E-state index is 11.4. The second-order valence-corrected chi connectivity index (χ2v) is 5.45. The molecule has 1 aliphatic rings. The Morgan fingerprint density at radius 3 is 2.64 bits per heavy atom. The van der Waals surface area contributed by atoms with Gasteiger partial charge >= 0.3 is 5.97 Å². The molecule has 1 saturated heterocycles. The van der Waals surface area contributed by atoms with Crippen molar-refractivity contribution in [2.45, 2.75) is 32.3 Å². The van der Waals surface area contributed by atoms with Gasteiger partial charge in [0.25, 0.3) is 0 Å². The van der Waals surface area contributed by atoms with Crippen LogP contribution in [-0.4, -0.2) is 54.1 Å². The van der Waals surface area contributed by atoms with Crippen LogP contribution in [0.15, 0.2) is 12.4 Å². The number of anilines is 1. The van der Waals surface area contributed by atoms with Crippen LogP contribution in [0, 0.1) is 0 Å². The molecule has 1 aromatic heterocycles. The van der Waals surface area contributed by atoms with Gasteiger partial charge in [0, 0.05) is 13.1 Å². The Hall–Kier alpha value is -2.02. The molecule has 0 bridgehead atoms. The minimum absolute atomic E-state index is 0.0157. The first-order valence-corrected chi connectivity index (χ1v) is 7.38. The van der Waals surface area contributed by atoms with Gasteiger partial charge in [-0.15, -0.1) is 0 Å². The molecule has 0 amide bonds. The molecule has 0 aromatic carbocycles. The van der Waals surface area contributed by atoms with Gasteiger partial charge in [-0.1, -0.05) is 0 Å². The fourth-order valence-electron chi connectivity index (χ4n) is 2.34. The van der Waals surface area contributed by atoms with Crippen LogP contribution >= 0.6 is 0 Å². The van der Waals surface area contributed by atoms with E-state index in [0.29, 0.717) is 18.6 Å². The monoisotopic (exact) mass is 307 g/mol. The van der Waals surface area contributed by atoms with Gasteiger partial charge < -0.3 is 14.4 Å². The third-order valence-corrected chi connectivity index (χ3v) is 3.77. The highest BCUT2D eigenvalue weighted by Gasteiger charge is 2.32. The third-order valence-electron chi connectivity index (χ3n) is 3.77. The molecule has 0 aliphatic carbocycles. The summed E-state index contributed by atoms with van der Waals surface area (Å²) in [5.41, 5.74) is -0.0113. The van der Waals surface area contributed by atoms with Crippen LogP contribution in [-0.2, 0) is 14.3 Å². The maximum Gasteiger partial charge on any atom is 0.332 e. The van der Waals surface area contributed by atoms with Crippen molar-refractivity contribution < 1.29 is 19.1 Å². The summed E-state index contributed by atoms with van der Waals surface area (Å²) in [5.74, 6) is 0.416. The molecule has 1 aliphatic heterocycles. The van der Waals surface area contributed by atoms with Crippen LogP contribution < -0.4 is 4.90 Å². The van der Waals surface area contributed by atoms with Gasteiger partial charge in [0.05, 0.1) is 24.6 Å². The van der Waals surface area contributed by atoms with Crippen molar-refractivity contribution >= 4 is 18.1 Å². The average molecular weight is 307 g/mol. The van der Waals surface area contributed by atoms with Gasteiger partial charge in [0.2, 0.25) is 0 Å². The highest BCUT2D eigenvalue weighted by Crippen LogP contribution is 2.27. The zero-order chi connectivity index (χ0) is 16.0. The lowest BCUT2D eigenvalue weighted by molar-refractivity contribution is -0.156. The number of aromatic nitrogens is 2. The molecule has 0 spiro atoms. The number of hydrogen-bond donors (Lipinski definition) is 0. The Labute approximate surface area is 129 Å². The zero-order valence-corrected chi connectivity index (χ0v) is 12.9. The molecule has 1 aromatic rings. The molecule has 0 atom stereocenters. The lowest BCUT2D eigenvalue weighted by Gasteiger charge is -2.39. The lowest BCUT2D eigenvalue weighted by atomic mass is 9.93. The zero-order valence-electron chi connectivity index (χ0n) is 12.9. The number of piperidine rings is 1. The van der Waals surface area contributed by atoms with E-state index in [-0.39, 0.29) is 18.2 Å². The standard InChI is InChI=1S/C15H21N3O4/c1-3-21-14(20)11-22-15(2)4-6-18(7-5-15)13-9-16-12(10-19)8-17-13/h8-10H,3-7,11H2,1-2H3. The quantitative estimate of drug-likeness (QED) is 0.577. The summed E-state index contributed by atoms with van der Waals surface area (Å²) in [5, 5.41) is 0. The van der Waals surface area contributed by atoms with Gasteiger partial charge in [-0.05, 0) is 26.7 Å². The van der Waals surface area contributed by atoms with E-state index >= 15 is 0 Å². The van der Waals surface area contributed by atoms with Crippen LogP contribution in [0.4, 0.5) is 5.82 Å². The summed E-state index contributed by atoms with van der Waals surface area (Å²) in [7, 11) is 0. The predicted octanol–water partition coefficient (Wildman–Crippen LogP) is 1.23. The highest BCUT2D eigenvalue weighted by molar-refractivity contribution is 5.71. The summed E-state index contributed by atoms with van der Waals surface area (Å²) in [6, 6.07) is 0. The van der Waals surface area contributed by atoms with Gasteiger partial charge in [0.15, 0.2) is 6.29 Å². The summed E-state index contributed by atoms with van der Waals surface area (Å²) in [4.78, 5) is 32.3. The van der Waals surface area contributed by atoms with Crippen LogP contribution in [0.25, 0.3) is 0 Å². The van der Waals surface area contributed by atoms with Crippen molar-refractivity contribution in [3.8, 4) is 0 Å². The fraction of sp³-hybridized carbons (Fsp3) is 0.600. The molecule has 120 valence electrons. The SMILES string of the molecule is CCOC(=O)COC1(C)CCN(c2cnc(C=O)cn2)CC1. The fourth-order valence-corrected chi connectivity index (χ4v) is 2.34. The second-order valence-electron chi connectivity index (χ2n) is 5.45. The largest absolute Gasteiger partial charge is 0.464 e. The van der Waals surface area contributed by atoms with Crippen molar-refractivity contribution in [1.29, 1.82) is 0 Å². The van der Waals surface area contributed by atoms with E-state index in [0.717, 1.165) is 31.7 Å². The van der Waals surface area contributed by atoms with E-state index < -0.39 is 0 Å². The van der Waals surface area contributed by atoms with E-state index in [2.05, 4.69) is 14.9 Å². The van der Waals surface area contributed by atoms with Gasteiger partial charge in [-0.2, -0.15) is 0 Å². The van der Waals surface area contributed by atoms with Crippen molar-refractivity contribution in [2.75, 3.05) is 31.2 Å². The van der Waals surface area contributed by atoms with Gasteiger partial charge in [-0.25, -0.2) is 14.8 Å². The molecular formula is C15H21N3O4. The predicted molar refractivity (Wildman–Crippen MR) is 79.9 cm³/mol. The molecule has 0 radical (unpaired) electrons. The Bertz CT molecular complexity index is 510. The minimum Gasteiger partial charge on any atom is -0.464 e. The summed E-state index contributed by atoms with van der Waals surface area (Å²) in [6.45, 7) is 5.64. The van der Waals surface area contributed by atoms with E-state index in [4.69, 9.17) is 9.47 Å². The Morgan fingerprint density at radius 2 is 2.09 bits per heavy atom. The number of esters is 1. The van der Waals surface area contributed by atoms with Crippen LogP contribution in [0.2, 0.25) is 0 Å². The molecule has 7 heteroatoms. The molecule has 0 N–H and O–H groups in total. The molecule has 1 fully saturated rings. The Morgan fingerprint density at radius 1 is 1.36 bits per heavy atom. The molecule has 0 unspecified atom stereocenters. The first-order chi connectivity index (χ1) is 10.6. The topological polar surface area (TPSA) is 81.6 Å². The number of aldehydes is 1. The maximum absolute atomic E-state index is 11.4. The average Bonchev–Trinajstić information content (AvgIpc) is 2.54. The minimum atomic E-state index is -0.334. The van der Waals surface area contributed by atoms with E-state index in [1.807, 2.05) is 6.92 Å². The van der Waals surface area contributed by atoms with Gasteiger partial charge in [0.1, 0.15) is 18.1 Å². The van der Waals surface area contributed by atoms with Crippen LogP contribution in [0.1, 0.15) is 37.2 Å². The lowest BCUT2D eigenvalue weighted by Crippen LogP contribution is -2.45. The number of ether oxygens (including phenoxy) is 2. The second kappa shape index (κ2) is 7.31. The van der Waals surface area contributed by atoms with Crippen molar-refractivity contribution in [1.82, 2.24) is 9.97 Å². The number of hydrogen-bond acceptors (Lipinski definition) is 7. The molecule has 2 rings (SSSR count). The number of rotatable bonds is 6. The Kier molecular flexibility index (Phi) is 5.43. The summed E-state index contributed by atoms with van der Waals surface area (Å²) in [6.07, 6.45) is 5.31. The Balaban J connectivity index is 1.85. The molecular weight excluding hydrogens is 286 g/mol. The molecule has 7 nitrogen and oxygen atoms in total. The van der Waals surface area contributed by atoms with Crippen molar-refractivity contribution in [2.24, 2.45) is 0 Å². The molecule has 0 saturated carbocycles. The number of carbonyl (C=O) groups is 2. The van der Waals surface area contributed by atoms with E-state index in [1.54, 1.807) is 13.1 Å². The first-order valence-electron chi connectivity index (χ1n) is 7.38. The van der Waals surface area contributed by atoms with Crippen LogP contribution in [0.3, 0.4) is 0 Å². The third kappa shape index (κ3) is 4.24. The van der Waals surface area contributed by atoms with E-state index in [9.17, 15) is 9.59 Å². The number of carbonyl (C=O) groups excluding carboxylic acids is 2. The van der Waals surface area contributed by atoms with Gasteiger partial charge in [-0.3, -0.25) is 4.79 Å². The highest BCUT2D eigenvalue weighted by atomic mass is 16.6. The first kappa shape index (κ1) is 16.4.